The zero-order valence-corrected chi connectivity index (χ0v) is 12.7. The van der Waals surface area contributed by atoms with Crippen LogP contribution < -0.4 is 10.5 Å². The third-order valence-corrected chi connectivity index (χ3v) is 6.56. The summed E-state index contributed by atoms with van der Waals surface area (Å²) in [5.74, 6) is 0. The second-order valence-electron chi connectivity index (χ2n) is 4.81. The Morgan fingerprint density at radius 2 is 2.05 bits per heavy atom. The lowest BCUT2D eigenvalue weighted by Gasteiger charge is -2.36. The zero-order valence-electron chi connectivity index (χ0n) is 11.1. The van der Waals surface area contributed by atoms with E-state index >= 15 is 0 Å². The first kappa shape index (κ1) is 14.9. The molecule has 0 bridgehead atoms. The number of nitrogens with two attached hydrogens (primary N) is 1. The Morgan fingerprint density at radius 1 is 1.42 bits per heavy atom. The predicted octanol–water partition coefficient (Wildman–Crippen LogP) is 0.546. The Bertz CT molecular complexity index is 548. The Morgan fingerprint density at radius 3 is 2.53 bits per heavy atom. The SMILES string of the molecule is Cc1nc(C)c(S(=O)(=O)NC2(CN)CCOCC2)s1. The van der Waals surface area contributed by atoms with E-state index in [1.165, 1.54) is 11.3 Å². The molecule has 2 heterocycles. The molecule has 1 saturated heterocycles. The van der Waals surface area contributed by atoms with Crippen molar-refractivity contribution in [1.29, 1.82) is 0 Å². The van der Waals surface area contributed by atoms with E-state index < -0.39 is 15.6 Å². The maximum absolute atomic E-state index is 12.5. The summed E-state index contributed by atoms with van der Waals surface area (Å²) in [5.41, 5.74) is 5.71. The first-order chi connectivity index (χ1) is 8.88. The molecule has 1 aromatic heterocycles. The molecule has 0 radical (unpaired) electrons. The van der Waals surface area contributed by atoms with Gasteiger partial charge in [-0.15, -0.1) is 11.3 Å². The second kappa shape index (κ2) is 5.45. The van der Waals surface area contributed by atoms with Gasteiger partial charge in [0.15, 0.2) is 4.21 Å². The van der Waals surface area contributed by atoms with Crippen LogP contribution in [0.2, 0.25) is 0 Å². The molecule has 2 rings (SSSR count). The second-order valence-corrected chi connectivity index (χ2v) is 7.89. The largest absolute Gasteiger partial charge is 0.381 e. The molecule has 0 saturated carbocycles. The van der Waals surface area contributed by atoms with Crippen LogP contribution in [0.25, 0.3) is 0 Å². The molecule has 108 valence electrons. The molecule has 1 fully saturated rings. The van der Waals surface area contributed by atoms with E-state index in [2.05, 4.69) is 9.71 Å². The highest BCUT2D eigenvalue weighted by atomic mass is 32.2. The highest BCUT2D eigenvalue weighted by molar-refractivity contribution is 7.91. The summed E-state index contributed by atoms with van der Waals surface area (Å²) in [6.45, 7) is 4.83. The quantitative estimate of drug-likeness (QED) is 0.847. The van der Waals surface area contributed by atoms with Crippen LogP contribution in [0.1, 0.15) is 23.5 Å². The van der Waals surface area contributed by atoms with Crippen LogP contribution in [0.15, 0.2) is 4.21 Å². The molecule has 0 amide bonds. The number of aromatic nitrogens is 1. The van der Waals surface area contributed by atoms with E-state index in [1.54, 1.807) is 13.8 Å². The monoisotopic (exact) mass is 305 g/mol. The van der Waals surface area contributed by atoms with Crippen LogP contribution in [0.4, 0.5) is 0 Å². The summed E-state index contributed by atoms with van der Waals surface area (Å²) in [7, 11) is -3.57. The number of sulfonamides is 1. The van der Waals surface area contributed by atoms with Gasteiger partial charge >= 0.3 is 0 Å². The van der Waals surface area contributed by atoms with E-state index in [0.29, 0.717) is 31.7 Å². The van der Waals surface area contributed by atoms with E-state index in [9.17, 15) is 8.42 Å². The lowest BCUT2D eigenvalue weighted by atomic mass is 9.92. The maximum Gasteiger partial charge on any atom is 0.252 e. The lowest BCUT2D eigenvalue weighted by Crippen LogP contribution is -2.56. The van der Waals surface area contributed by atoms with E-state index in [1.807, 2.05) is 0 Å². The summed E-state index contributed by atoms with van der Waals surface area (Å²) in [6.07, 6.45) is 1.19. The normalized spacial score (nSPS) is 19.5. The first-order valence-corrected chi connectivity index (χ1v) is 8.44. The molecule has 1 aliphatic rings. The highest BCUT2D eigenvalue weighted by Crippen LogP contribution is 2.27. The molecule has 0 unspecified atom stereocenters. The van der Waals surface area contributed by atoms with Gasteiger partial charge < -0.3 is 10.5 Å². The Balaban J connectivity index is 2.27. The van der Waals surface area contributed by atoms with E-state index in [-0.39, 0.29) is 10.8 Å². The van der Waals surface area contributed by atoms with Crippen molar-refractivity contribution in [3.05, 3.63) is 10.7 Å². The molecule has 1 aliphatic heterocycles. The van der Waals surface area contributed by atoms with Crippen LogP contribution in [-0.4, -0.2) is 38.7 Å². The standard InChI is InChI=1S/C11H19N3O3S2/c1-8-10(18-9(2)13-8)19(15,16)14-11(7-12)3-5-17-6-4-11/h14H,3-7,12H2,1-2H3. The number of rotatable bonds is 4. The summed E-state index contributed by atoms with van der Waals surface area (Å²) in [4.78, 5) is 4.16. The Kier molecular flexibility index (Phi) is 4.26. The molecule has 1 aromatic rings. The average molecular weight is 305 g/mol. The molecular weight excluding hydrogens is 286 g/mol. The van der Waals surface area contributed by atoms with Gasteiger partial charge in [0.25, 0.3) is 10.0 Å². The molecule has 3 N–H and O–H groups in total. The van der Waals surface area contributed by atoms with Gasteiger partial charge in [0.05, 0.1) is 10.7 Å². The van der Waals surface area contributed by atoms with Crippen LogP contribution in [0.5, 0.6) is 0 Å². The number of nitrogens with zero attached hydrogens (tertiary/aromatic N) is 1. The van der Waals surface area contributed by atoms with Crippen molar-refractivity contribution in [2.75, 3.05) is 19.8 Å². The molecule has 0 atom stereocenters. The molecule has 0 aliphatic carbocycles. The smallest absolute Gasteiger partial charge is 0.252 e. The van der Waals surface area contributed by atoms with Crippen LogP contribution >= 0.6 is 11.3 Å². The van der Waals surface area contributed by atoms with Crippen molar-refractivity contribution in [3.63, 3.8) is 0 Å². The molecule has 19 heavy (non-hydrogen) atoms. The fourth-order valence-corrected chi connectivity index (χ4v) is 5.16. The number of nitrogens with one attached hydrogen (secondary N) is 1. The topological polar surface area (TPSA) is 94.3 Å². The van der Waals surface area contributed by atoms with Gasteiger partial charge in [0.2, 0.25) is 0 Å². The summed E-state index contributed by atoms with van der Waals surface area (Å²) >= 11 is 1.19. The Labute approximate surface area is 117 Å². The van der Waals surface area contributed by atoms with Crippen molar-refractivity contribution in [3.8, 4) is 0 Å². The minimum atomic E-state index is -3.57. The van der Waals surface area contributed by atoms with Crippen molar-refractivity contribution in [2.45, 2.75) is 36.4 Å². The number of aryl methyl sites for hydroxylation is 2. The van der Waals surface area contributed by atoms with E-state index in [0.717, 1.165) is 5.01 Å². The van der Waals surface area contributed by atoms with Gasteiger partial charge in [-0.2, -0.15) is 0 Å². The molecule has 0 aromatic carbocycles. The predicted molar refractivity (Wildman–Crippen MR) is 73.7 cm³/mol. The van der Waals surface area contributed by atoms with Gasteiger partial charge in [0, 0.05) is 25.3 Å². The Hall–Kier alpha value is -0.540. The summed E-state index contributed by atoms with van der Waals surface area (Å²) in [5, 5.41) is 0.742. The fourth-order valence-electron chi connectivity index (χ4n) is 2.20. The van der Waals surface area contributed by atoms with Gasteiger partial charge in [0.1, 0.15) is 0 Å². The minimum Gasteiger partial charge on any atom is -0.381 e. The third kappa shape index (κ3) is 3.14. The molecule has 0 spiro atoms. The number of hydrogen-bond acceptors (Lipinski definition) is 6. The number of thiazole rings is 1. The van der Waals surface area contributed by atoms with Crippen LogP contribution in [0.3, 0.4) is 0 Å². The van der Waals surface area contributed by atoms with Gasteiger partial charge in [-0.05, 0) is 26.7 Å². The van der Waals surface area contributed by atoms with Crippen molar-refractivity contribution in [2.24, 2.45) is 5.73 Å². The number of ether oxygens (including phenoxy) is 1. The number of hydrogen-bond donors (Lipinski definition) is 2. The first-order valence-electron chi connectivity index (χ1n) is 6.14. The highest BCUT2D eigenvalue weighted by Gasteiger charge is 2.37. The fraction of sp³-hybridized carbons (Fsp3) is 0.727. The maximum atomic E-state index is 12.5. The van der Waals surface area contributed by atoms with E-state index in [4.69, 9.17) is 10.5 Å². The molecule has 6 nitrogen and oxygen atoms in total. The molecular formula is C11H19N3O3S2. The van der Waals surface area contributed by atoms with Gasteiger partial charge in [-0.3, -0.25) is 0 Å². The zero-order chi connectivity index (χ0) is 14.1. The average Bonchev–Trinajstić information content (AvgIpc) is 2.70. The summed E-state index contributed by atoms with van der Waals surface area (Å²) in [6, 6.07) is 0. The van der Waals surface area contributed by atoms with Crippen LogP contribution in [0, 0.1) is 13.8 Å². The minimum absolute atomic E-state index is 0.270. The van der Waals surface area contributed by atoms with Gasteiger partial charge in [-0.1, -0.05) is 0 Å². The van der Waals surface area contributed by atoms with Gasteiger partial charge in [-0.25, -0.2) is 18.1 Å². The van der Waals surface area contributed by atoms with Crippen molar-refractivity contribution < 1.29 is 13.2 Å². The third-order valence-electron chi connectivity index (χ3n) is 3.30. The lowest BCUT2D eigenvalue weighted by molar-refractivity contribution is 0.0502. The molecule has 8 heteroatoms. The van der Waals surface area contributed by atoms with Crippen molar-refractivity contribution in [1.82, 2.24) is 9.71 Å². The van der Waals surface area contributed by atoms with Crippen LogP contribution in [-0.2, 0) is 14.8 Å². The van der Waals surface area contributed by atoms with Crippen molar-refractivity contribution >= 4 is 21.4 Å². The summed E-state index contributed by atoms with van der Waals surface area (Å²) < 4.78 is 33.2.